The lowest BCUT2D eigenvalue weighted by atomic mass is 9.67. The second-order valence-electron chi connectivity index (χ2n) is 13.0. The molecule has 9 aromatic rings. The van der Waals surface area contributed by atoms with Crippen LogP contribution in [0.3, 0.4) is 0 Å². The Kier molecular flexibility index (Phi) is 6.68. The Bertz CT molecular complexity index is 2640. The summed E-state index contributed by atoms with van der Waals surface area (Å²) in [6.45, 7) is 0. The van der Waals surface area contributed by atoms with Gasteiger partial charge in [-0.1, -0.05) is 121 Å². The Morgan fingerprint density at radius 2 is 0.941 bits per heavy atom. The van der Waals surface area contributed by atoms with Crippen LogP contribution in [0.4, 0.5) is 0 Å². The van der Waals surface area contributed by atoms with Crippen molar-refractivity contribution < 1.29 is 8.83 Å². The molecular weight excluding hydrogens is 625 g/mol. The van der Waals surface area contributed by atoms with E-state index in [0.717, 1.165) is 27.8 Å². The first-order valence-electron chi connectivity index (χ1n) is 17.1. The van der Waals surface area contributed by atoms with Crippen LogP contribution in [0, 0.1) is 0 Å². The molecule has 4 nitrogen and oxygen atoms in total. The van der Waals surface area contributed by atoms with Gasteiger partial charge in [-0.2, -0.15) is 0 Å². The first-order chi connectivity index (χ1) is 25.3. The average molecular weight is 655 g/mol. The lowest BCUT2D eigenvalue weighted by Gasteiger charge is -2.34. The molecule has 0 amide bonds. The van der Waals surface area contributed by atoms with Crippen LogP contribution in [-0.4, -0.2) is 9.97 Å². The van der Waals surface area contributed by atoms with Gasteiger partial charge in [-0.05, 0) is 103 Å². The highest BCUT2D eigenvalue weighted by molar-refractivity contribution is 6.10. The Labute approximate surface area is 295 Å². The van der Waals surface area contributed by atoms with E-state index in [9.17, 15) is 0 Å². The summed E-state index contributed by atoms with van der Waals surface area (Å²) in [6, 6.07) is 57.1. The van der Waals surface area contributed by atoms with Crippen LogP contribution in [0.2, 0.25) is 0 Å². The van der Waals surface area contributed by atoms with Gasteiger partial charge in [0.1, 0.15) is 12.5 Å². The van der Waals surface area contributed by atoms with Crippen LogP contribution < -0.4 is 0 Å². The number of hydrogen-bond acceptors (Lipinski definition) is 4. The number of nitrogens with zero attached hydrogens (tertiary/aromatic N) is 2. The van der Waals surface area contributed by atoms with Gasteiger partial charge in [-0.3, -0.25) is 0 Å². The predicted octanol–water partition coefficient (Wildman–Crippen LogP) is 11.8. The zero-order chi connectivity index (χ0) is 33.8. The van der Waals surface area contributed by atoms with Crippen molar-refractivity contribution in [3.63, 3.8) is 0 Å². The zero-order valence-electron chi connectivity index (χ0n) is 27.5. The third-order valence-electron chi connectivity index (χ3n) is 10.3. The molecule has 0 saturated carbocycles. The highest BCUT2D eigenvalue weighted by Crippen LogP contribution is 2.59. The molecule has 1 aliphatic carbocycles. The molecule has 0 saturated heterocycles. The fraction of sp³-hybridized carbons (Fsp3) is 0.0213. The van der Waals surface area contributed by atoms with Crippen LogP contribution in [-0.2, 0) is 5.41 Å². The molecule has 0 spiro atoms. The maximum absolute atomic E-state index is 5.72. The molecule has 240 valence electrons. The first-order valence-corrected chi connectivity index (χ1v) is 17.1. The Hall–Kier alpha value is -6.78. The monoisotopic (exact) mass is 654 g/mol. The van der Waals surface area contributed by atoms with Gasteiger partial charge < -0.3 is 8.83 Å². The molecule has 10 rings (SSSR count). The van der Waals surface area contributed by atoms with E-state index in [-0.39, 0.29) is 0 Å². The first kappa shape index (κ1) is 29.2. The Morgan fingerprint density at radius 3 is 1.57 bits per heavy atom. The summed E-state index contributed by atoms with van der Waals surface area (Å²) in [6.07, 6.45) is 6.61. The van der Waals surface area contributed by atoms with E-state index in [1.54, 1.807) is 24.9 Å². The van der Waals surface area contributed by atoms with E-state index >= 15 is 0 Å². The van der Waals surface area contributed by atoms with E-state index in [1.165, 1.54) is 49.7 Å². The lowest BCUT2D eigenvalue weighted by Crippen LogP contribution is -2.28. The summed E-state index contributed by atoms with van der Waals surface area (Å²) < 4.78 is 11.4. The van der Waals surface area contributed by atoms with E-state index < -0.39 is 5.41 Å². The van der Waals surface area contributed by atoms with Crippen LogP contribution in [0.25, 0.3) is 67.1 Å². The van der Waals surface area contributed by atoms with Gasteiger partial charge in [0.25, 0.3) is 0 Å². The molecular formula is C47H30N2O2. The fourth-order valence-corrected chi connectivity index (χ4v) is 8.15. The molecule has 0 radical (unpaired) electrons. The van der Waals surface area contributed by atoms with Crippen molar-refractivity contribution in [2.45, 2.75) is 5.41 Å². The maximum Gasteiger partial charge on any atom is 0.225 e. The minimum Gasteiger partial charge on any atom is -0.445 e. The highest BCUT2D eigenvalue weighted by Gasteiger charge is 2.47. The highest BCUT2D eigenvalue weighted by atomic mass is 16.3. The Balaban J connectivity index is 1.29. The maximum atomic E-state index is 5.72. The summed E-state index contributed by atoms with van der Waals surface area (Å²) in [5.41, 5.74) is 13.3. The van der Waals surface area contributed by atoms with E-state index in [2.05, 4.69) is 162 Å². The number of oxazole rings is 2. The van der Waals surface area contributed by atoms with Crippen LogP contribution >= 0.6 is 0 Å². The molecule has 0 bridgehead atoms. The summed E-state index contributed by atoms with van der Waals surface area (Å²) in [5.74, 6) is 1.22. The van der Waals surface area contributed by atoms with Crippen LogP contribution in [0.15, 0.2) is 191 Å². The zero-order valence-corrected chi connectivity index (χ0v) is 27.5. The van der Waals surface area contributed by atoms with Gasteiger partial charge in [0.2, 0.25) is 11.8 Å². The average Bonchev–Trinajstić information content (AvgIpc) is 4.00. The molecule has 2 heterocycles. The molecule has 4 heteroatoms. The van der Waals surface area contributed by atoms with Crippen molar-refractivity contribution in [1.29, 1.82) is 0 Å². The molecule has 0 N–H and O–H groups in total. The van der Waals surface area contributed by atoms with Crippen LogP contribution in [0.5, 0.6) is 0 Å². The summed E-state index contributed by atoms with van der Waals surface area (Å²) in [4.78, 5) is 8.86. The van der Waals surface area contributed by atoms with Gasteiger partial charge in [-0.15, -0.1) is 0 Å². The predicted molar refractivity (Wildman–Crippen MR) is 203 cm³/mol. The van der Waals surface area contributed by atoms with Crippen molar-refractivity contribution in [2.75, 3.05) is 0 Å². The second kappa shape index (κ2) is 11.7. The van der Waals surface area contributed by atoms with E-state index in [1.807, 2.05) is 6.07 Å². The number of aromatic nitrogens is 2. The number of rotatable bonds is 6. The van der Waals surface area contributed by atoms with Crippen molar-refractivity contribution in [3.8, 4) is 56.3 Å². The molecule has 1 aliphatic rings. The minimum atomic E-state index is -0.595. The molecule has 0 atom stereocenters. The Morgan fingerprint density at radius 1 is 0.392 bits per heavy atom. The van der Waals surface area contributed by atoms with Crippen molar-refractivity contribution >= 4 is 10.8 Å². The van der Waals surface area contributed by atoms with E-state index in [0.29, 0.717) is 11.8 Å². The fourth-order valence-electron chi connectivity index (χ4n) is 8.15. The molecule has 0 unspecified atom stereocenters. The largest absolute Gasteiger partial charge is 0.445 e. The number of hydrogen-bond donors (Lipinski definition) is 0. The van der Waals surface area contributed by atoms with Gasteiger partial charge in [0, 0.05) is 11.1 Å². The number of benzene rings is 7. The standard InChI is InChI=1S/C47H30N2O2/c1-3-15-36(16-4-1)47(37-17-5-2-6-18-37)42-29-32(31-11-9-13-34(27-31)45-48-23-25-50-45)21-22-40(42)44-39-20-8-7-19-38(39)41(30-43(44)47)33-12-10-14-35(28-33)46-49-24-26-51-46/h1-30H. The summed E-state index contributed by atoms with van der Waals surface area (Å²) in [5, 5.41) is 2.42. The topological polar surface area (TPSA) is 52.1 Å². The minimum absolute atomic E-state index is 0.595. The second-order valence-corrected chi connectivity index (χ2v) is 13.0. The number of fused-ring (bicyclic) bond motifs is 5. The van der Waals surface area contributed by atoms with E-state index in [4.69, 9.17) is 8.83 Å². The molecule has 7 aromatic carbocycles. The summed E-state index contributed by atoms with van der Waals surface area (Å²) in [7, 11) is 0. The quantitative estimate of drug-likeness (QED) is 0.179. The molecule has 0 aliphatic heterocycles. The van der Waals surface area contributed by atoms with Gasteiger partial charge in [-0.25, -0.2) is 9.97 Å². The van der Waals surface area contributed by atoms with Gasteiger partial charge in [0.05, 0.1) is 17.8 Å². The lowest BCUT2D eigenvalue weighted by molar-refractivity contribution is 0.574. The summed E-state index contributed by atoms with van der Waals surface area (Å²) >= 11 is 0. The van der Waals surface area contributed by atoms with Crippen molar-refractivity contribution in [1.82, 2.24) is 9.97 Å². The SMILES string of the molecule is c1ccc(C2(c3ccccc3)c3cc(-c4cccc(-c5ncco5)c4)ccc3-c3c2cc(-c2cccc(-c4ncco4)c2)c2ccccc32)cc1. The molecule has 0 fully saturated rings. The van der Waals surface area contributed by atoms with Gasteiger partial charge >= 0.3 is 0 Å². The smallest absolute Gasteiger partial charge is 0.225 e. The molecule has 2 aromatic heterocycles. The van der Waals surface area contributed by atoms with Crippen LogP contribution in [0.1, 0.15) is 22.3 Å². The third-order valence-corrected chi connectivity index (χ3v) is 10.3. The molecule has 51 heavy (non-hydrogen) atoms. The van der Waals surface area contributed by atoms with Crippen molar-refractivity contribution in [3.05, 3.63) is 205 Å². The third kappa shape index (κ3) is 4.54. The van der Waals surface area contributed by atoms with Gasteiger partial charge in [0.15, 0.2) is 0 Å². The van der Waals surface area contributed by atoms with Crippen molar-refractivity contribution in [2.24, 2.45) is 0 Å². The normalized spacial score (nSPS) is 12.9.